The van der Waals surface area contributed by atoms with Crippen molar-refractivity contribution in [2.45, 2.75) is 0 Å². The van der Waals surface area contributed by atoms with Crippen LogP contribution >= 0.6 is 43.5 Å². The maximum Gasteiger partial charge on any atom is 0.245 e. The largest absolute Gasteiger partial charge is 0.506 e. The second kappa shape index (κ2) is 8.50. The predicted octanol–water partition coefficient (Wildman–Crippen LogP) is 5.23. The van der Waals surface area contributed by atoms with Crippen molar-refractivity contribution < 1.29 is 14.1 Å². The van der Waals surface area contributed by atoms with Gasteiger partial charge < -0.3 is 10.4 Å². The Morgan fingerprint density at radius 1 is 1.10 bits per heavy atom. The first-order valence-corrected chi connectivity index (χ1v) is 10.1. The average Bonchev–Trinajstić information content (AvgIpc) is 3.15. The fraction of sp³-hybridized carbons (Fsp3) is 0. The Kier molecular flexibility index (Phi) is 5.79. The number of hydrogen-bond acceptors (Lipinski definition) is 9. The van der Waals surface area contributed by atoms with Gasteiger partial charge in [-0.2, -0.15) is 10.1 Å². The Balaban J connectivity index is 1.66. The van der Waals surface area contributed by atoms with Gasteiger partial charge in [0.25, 0.3) is 0 Å². The summed E-state index contributed by atoms with van der Waals surface area (Å²) in [7, 11) is 0. The minimum absolute atomic E-state index is 0.0188. The van der Waals surface area contributed by atoms with Crippen LogP contribution in [0.15, 0.2) is 49.0 Å². The Morgan fingerprint density at radius 2 is 1.83 bits per heavy atom. The number of hydrazone groups is 1. The van der Waals surface area contributed by atoms with Gasteiger partial charge in [0.15, 0.2) is 11.6 Å². The van der Waals surface area contributed by atoms with Gasteiger partial charge in [-0.1, -0.05) is 27.5 Å². The van der Waals surface area contributed by atoms with E-state index in [0.29, 0.717) is 15.7 Å². The van der Waals surface area contributed by atoms with E-state index in [2.05, 4.69) is 72.6 Å². The SMILES string of the molecule is Oc1c(Br)cc(Br)cc1C=NNc1nc2nonc2nc1Nc1ccc(F)c(Cl)c1. The van der Waals surface area contributed by atoms with Crippen molar-refractivity contribution in [1.29, 1.82) is 0 Å². The van der Waals surface area contributed by atoms with E-state index >= 15 is 0 Å². The van der Waals surface area contributed by atoms with Gasteiger partial charge in [0.05, 0.1) is 15.7 Å². The molecule has 3 N–H and O–H groups in total. The highest BCUT2D eigenvalue weighted by atomic mass is 79.9. The molecule has 9 nitrogen and oxygen atoms in total. The Labute approximate surface area is 189 Å². The van der Waals surface area contributed by atoms with Crippen LogP contribution in [0.4, 0.5) is 21.7 Å². The summed E-state index contributed by atoms with van der Waals surface area (Å²) in [5, 5.41) is 24.4. The zero-order valence-electron chi connectivity index (χ0n) is 14.6. The number of phenolic OH excluding ortho intramolecular Hbond substituents is 1. The van der Waals surface area contributed by atoms with E-state index in [4.69, 9.17) is 11.6 Å². The molecule has 30 heavy (non-hydrogen) atoms. The molecule has 0 amide bonds. The van der Waals surface area contributed by atoms with Crippen LogP contribution < -0.4 is 10.7 Å². The van der Waals surface area contributed by atoms with Crippen LogP contribution in [-0.2, 0) is 0 Å². The number of fused-ring (bicyclic) bond motifs is 1. The van der Waals surface area contributed by atoms with E-state index in [1.165, 1.54) is 24.4 Å². The second-order valence-electron chi connectivity index (χ2n) is 5.78. The van der Waals surface area contributed by atoms with Gasteiger partial charge >= 0.3 is 0 Å². The fourth-order valence-corrected chi connectivity index (χ4v) is 3.80. The third-order valence-electron chi connectivity index (χ3n) is 3.73. The third-order valence-corrected chi connectivity index (χ3v) is 5.08. The van der Waals surface area contributed by atoms with Gasteiger partial charge in [-0.15, -0.1) is 0 Å². The molecule has 13 heteroatoms. The molecule has 4 rings (SSSR count). The highest BCUT2D eigenvalue weighted by Gasteiger charge is 2.14. The third kappa shape index (κ3) is 4.35. The van der Waals surface area contributed by atoms with Gasteiger partial charge in [-0.3, -0.25) is 5.43 Å². The quantitative estimate of drug-likeness (QED) is 0.226. The first-order chi connectivity index (χ1) is 14.4. The lowest BCUT2D eigenvalue weighted by molar-refractivity contribution is 0.314. The molecule has 2 aromatic carbocycles. The predicted molar refractivity (Wildman–Crippen MR) is 117 cm³/mol. The summed E-state index contributed by atoms with van der Waals surface area (Å²) in [5.41, 5.74) is 3.96. The Hall–Kier alpha value is -2.83. The molecular weight excluding hydrogens is 548 g/mol. The minimum Gasteiger partial charge on any atom is -0.506 e. The van der Waals surface area contributed by atoms with Crippen molar-refractivity contribution >= 4 is 78.3 Å². The van der Waals surface area contributed by atoms with Crippen molar-refractivity contribution in [3.05, 3.63) is 55.7 Å². The summed E-state index contributed by atoms with van der Waals surface area (Å²) in [4.78, 5) is 8.53. The second-order valence-corrected chi connectivity index (χ2v) is 7.96. The van der Waals surface area contributed by atoms with Crippen LogP contribution in [0.2, 0.25) is 5.02 Å². The molecule has 0 saturated heterocycles. The number of aromatic nitrogens is 4. The number of nitrogens with zero attached hydrogens (tertiary/aromatic N) is 5. The van der Waals surface area contributed by atoms with E-state index in [1.54, 1.807) is 12.1 Å². The average molecular weight is 558 g/mol. The van der Waals surface area contributed by atoms with Gasteiger partial charge in [-0.05, 0) is 56.6 Å². The molecule has 0 aliphatic heterocycles. The molecule has 2 aromatic heterocycles. The molecular formula is C17H9Br2ClFN7O2. The van der Waals surface area contributed by atoms with Crippen LogP contribution in [0.1, 0.15) is 5.56 Å². The summed E-state index contributed by atoms with van der Waals surface area (Å²) >= 11 is 12.4. The van der Waals surface area contributed by atoms with Crippen molar-refractivity contribution in [2.24, 2.45) is 5.10 Å². The first kappa shape index (κ1) is 20.4. The molecule has 0 atom stereocenters. The maximum absolute atomic E-state index is 13.4. The molecule has 0 aliphatic carbocycles. The number of hydrogen-bond donors (Lipinski definition) is 3. The summed E-state index contributed by atoms with van der Waals surface area (Å²) in [6, 6.07) is 7.48. The lowest BCUT2D eigenvalue weighted by Crippen LogP contribution is -2.03. The molecule has 0 unspecified atom stereocenters. The van der Waals surface area contributed by atoms with E-state index in [9.17, 15) is 9.50 Å². The lowest BCUT2D eigenvalue weighted by Gasteiger charge is -2.10. The Morgan fingerprint density at radius 3 is 2.57 bits per heavy atom. The summed E-state index contributed by atoms with van der Waals surface area (Å²) in [6.07, 6.45) is 1.40. The van der Waals surface area contributed by atoms with Gasteiger partial charge in [-0.25, -0.2) is 14.0 Å². The smallest absolute Gasteiger partial charge is 0.245 e. The van der Waals surface area contributed by atoms with Gasteiger partial charge in [0.1, 0.15) is 11.6 Å². The topological polar surface area (TPSA) is 121 Å². The molecule has 0 radical (unpaired) electrons. The van der Waals surface area contributed by atoms with E-state index in [0.717, 1.165) is 4.47 Å². The first-order valence-electron chi connectivity index (χ1n) is 8.10. The molecule has 0 aliphatic rings. The number of phenols is 1. The molecule has 2 heterocycles. The van der Waals surface area contributed by atoms with Crippen LogP contribution in [0.3, 0.4) is 0 Å². The highest BCUT2D eigenvalue weighted by Crippen LogP contribution is 2.31. The van der Waals surface area contributed by atoms with Gasteiger partial charge in [0.2, 0.25) is 11.3 Å². The molecule has 0 bridgehead atoms. The zero-order chi connectivity index (χ0) is 21.3. The summed E-state index contributed by atoms with van der Waals surface area (Å²) < 4.78 is 19.3. The van der Waals surface area contributed by atoms with Crippen molar-refractivity contribution in [3.63, 3.8) is 0 Å². The van der Waals surface area contributed by atoms with Crippen LogP contribution in [-0.4, -0.2) is 31.6 Å². The lowest BCUT2D eigenvalue weighted by atomic mass is 10.2. The Bertz CT molecular complexity index is 1280. The van der Waals surface area contributed by atoms with Crippen LogP contribution in [0.5, 0.6) is 5.75 Å². The molecule has 0 spiro atoms. The number of anilines is 3. The number of benzene rings is 2. The molecule has 4 aromatic rings. The number of rotatable bonds is 5. The van der Waals surface area contributed by atoms with Crippen molar-refractivity contribution in [2.75, 3.05) is 10.7 Å². The number of aromatic hydroxyl groups is 1. The number of nitrogens with one attached hydrogen (secondary N) is 2. The van der Waals surface area contributed by atoms with E-state index in [1.807, 2.05) is 0 Å². The maximum atomic E-state index is 13.4. The van der Waals surface area contributed by atoms with Crippen LogP contribution in [0.25, 0.3) is 11.3 Å². The van der Waals surface area contributed by atoms with Gasteiger partial charge in [0, 0.05) is 15.7 Å². The zero-order valence-corrected chi connectivity index (χ0v) is 18.5. The van der Waals surface area contributed by atoms with Crippen LogP contribution in [0, 0.1) is 5.82 Å². The molecule has 152 valence electrons. The standard InChI is InChI=1S/C17H9Br2ClFN7O2/c18-8-3-7(13(29)10(19)4-8)6-22-26-15-14(24-16-17(25-15)28-30-27-16)23-9-1-2-12(21)11(20)5-9/h1-6,29H,(H,23,24,27)(H,25,26,28). The van der Waals surface area contributed by atoms with Crippen molar-refractivity contribution in [1.82, 2.24) is 20.3 Å². The van der Waals surface area contributed by atoms with E-state index < -0.39 is 5.82 Å². The van der Waals surface area contributed by atoms with E-state index in [-0.39, 0.29) is 33.7 Å². The van der Waals surface area contributed by atoms with Crippen molar-refractivity contribution in [3.8, 4) is 5.75 Å². The number of halogens is 4. The summed E-state index contributed by atoms with van der Waals surface area (Å²) in [6.45, 7) is 0. The molecule has 0 fully saturated rings. The monoisotopic (exact) mass is 555 g/mol. The summed E-state index contributed by atoms with van der Waals surface area (Å²) in [5.74, 6) is -0.126. The fourth-order valence-electron chi connectivity index (χ4n) is 2.36. The highest BCUT2D eigenvalue weighted by molar-refractivity contribution is 9.11. The molecule has 0 saturated carbocycles. The minimum atomic E-state index is -0.549. The normalized spacial score (nSPS) is 11.3.